The van der Waals surface area contributed by atoms with Crippen molar-refractivity contribution in [3.63, 3.8) is 0 Å². The lowest BCUT2D eigenvalue weighted by atomic mass is 9.96. The van der Waals surface area contributed by atoms with E-state index >= 15 is 0 Å². The molecule has 2 aliphatic rings. The van der Waals surface area contributed by atoms with Gasteiger partial charge in [0.1, 0.15) is 11.6 Å². The average molecular weight is 342 g/mol. The van der Waals surface area contributed by atoms with E-state index in [9.17, 15) is 9.59 Å². The molecule has 7 nitrogen and oxygen atoms in total. The highest BCUT2D eigenvalue weighted by atomic mass is 16.3. The lowest BCUT2D eigenvalue weighted by molar-refractivity contribution is -0.138. The SMILES string of the molecule is Cc1nc2c(c(=O)[nH]1)CN(C(=O)C1CCCN(Cc3ccco3)C1)C2. The molecule has 0 bridgehead atoms. The Bertz CT molecular complexity index is 827. The molecule has 0 radical (unpaired) electrons. The molecule has 4 rings (SSSR count). The van der Waals surface area contributed by atoms with E-state index in [1.165, 1.54) is 0 Å². The highest BCUT2D eigenvalue weighted by molar-refractivity contribution is 5.79. The van der Waals surface area contributed by atoms with E-state index in [0.29, 0.717) is 24.5 Å². The first-order valence-electron chi connectivity index (χ1n) is 8.72. The first-order valence-corrected chi connectivity index (χ1v) is 8.72. The zero-order chi connectivity index (χ0) is 17.4. The zero-order valence-electron chi connectivity index (χ0n) is 14.3. The molecule has 0 aromatic carbocycles. The van der Waals surface area contributed by atoms with E-state index in [-0.39, 0.29) is 17.4 Å². The Labute approximate surface area is 145 Å². The molecule has 2 aliphatic heterocycles. The van der Waals surface area contributed by atoms with E-state index in [0.717, 1.165) is 43.9 Å². The van der Waals surface area contributed by atoms with Crippen molar-refractivity contribution in [2.75, 3.05) is 13.1 Å². The molecule has 1 saturated heterocycles. The van der Waals surface area contributed by atoms with Gasteiger partial charge in [-0.2, -0.15) is 0 Å². The fourth-order valence-electron chi connectivity index (χ4n) is 3.83. The number of hydrogen-bond acceptors (Lipinski definition) is 5. The van der Waals surface area contributed by atoms with Gasteiger partial charge in [0, 0.05) is 6.54 Å². The number of likely N-dealkylation sites (tertiary alicyclic amines) is 1. The Hall–Kier alpha value is -2.41. The van der Waals surface area contributed by atoms with E-state index in [1.54, 1.807) is 18.1 Å². The van der Waals surface area contributed by atoms with Crippen molar-refractivity contribution in [1.29, 1.82) is 0 Å². The largest absolute Gasteiger partial charge is 0.468 e. The minimum atomic E-state index is -0.124. The normalized spacial score (nSPS) is 20.7. The molecule has 2 aromatic rings. The third-order valence-electron chi connectivity index (χ3n) is 5.04. The zero-order valence-corrected chi connectivity index (χ0v) is 14.3. The molecule has 1 fully saturated rings. The van der Waals surface area contributed by atoms with Crippen molar-refractivity contribution < 1.29 is 9.21 Å². The number of hydrogen-bond donors (Lipinski definition) is 1. The molecule has 2 aromatic heterocycles. The number of carbonyl (C=O) groups excluding carboxylic acids is 1. The van der Waals surface area contributed by atoms with Crippen LogP contribution in [-0.2, 0) is 24.4 Å². The number of aromatic amines is 1. The smallest absolute Gasteiger partial charge is 0.256 e. The standard InChI is InChI=1S/C18H22N4O3/c1-12-19-16-11-22(10-15(16)17(23)20-12)18(24)13-4-2-6-21(8-13)9-14-5-3-7-25-14/h3,5,7,13H,2,4,6,8-11H2,1H3,(H,19,20,23). The molecule has 0 saturated carbocycles. The molecule has 4 heterocycles. The Kier molecular flexibility index (Phi) is 4.17. The summed E-state index contributed by atoms with van der Waals surface area (Å²) >= 11 is 0. The van der Waals surface area contributed by atoms with Crippen molar-refractivity contribution in [3.8, 4) is 0 Å². The Morgan fingerprint density at radius 1 is 1.44 bits per heavy atom. The van der Waals surface area contributed by atoms with Crippen LogP contribution in [0.3, 0.4) is 0 Å². The van der Waals surface area contributed by atoms with Crippen molar-refractivity contribution in [2.24, 2.45) is 5.92 Å². The number of nitrogens with one attached hydrogen (secondary N) is 1. The molecule has 132 valence electrons. The molecule has 1 unspecified atom stereocenters. The van der Waals surface area contributed by atoms with E-state index < -0.39 is 0 Å². The third kappa shape index (κ3) is 3.24. The summed E-state index contributed by atoms with van der Waals surface area (Å²) in [6.45, 7) is 5.01. The van der Waals surface area contributed by atoms with Gasteiger partial charge in [-0.1, -0.05) is 0 Å². The second-order valence-electron chi connectivity index (χ2n) is 6.92. The summed E-state index contributed by atoms with van der Waals surface area (Å²) in [5.41, 5.74) is 1.24. The summed E-state index contributed by atoms with van der Waals surface area (Å²) in [5, 5.41) is 0. The monoisotopic (exact) mass is 342 g/mol. The number of piperidine rings is 1. The summed E-state index contributed by atoms with van der Waals surface area (Å²) in [4.78, 5) is 36.1. The van der Waals surface area contributed by atoms with Crippen LogP contribution in [0.15, 0.2) is 27.6 Å². The number of carbonyl (C=O) groups is 1. The fraction of sp³-hybridized carbons (Fsp3) is 0.500. The lowest BCUT2D eigenvalue weighted by Crippen LogP contribution is -2.43. The summed E-state index contributed by atoms with van der Waals surface area (Å²) < 4.78 is 5.41. The quantitative estimate of drug-likeness (QED) is 0.912. The van der Waals surface area contributed by atoms with Crippen LogP contribution in [0.2, 0.25) is 0 Å². The number of fused-ring (bicyclic) bond motifs is 1. The molecule has 1 N–H and O–H groups in total. The minimum Gasteiger partial charge on any atom is -0.468 e. The highest BCUT2D eigenvalue weighted by Gasteiger charge is 2.34. The van der Waals surface area contributed by atoms with Crippen LogP contribution in [0.4, 0.5) is 0 Å². The second-order valence-corrected chi connectivity index (χ2v) is 6.92. The topological polar surface area (TPSA) is 82.4 Å². The van der Waals surface area contributed by atoms with Gasteiger partial charge in [0.05, 0.1) is 43.1 Å². The number of rotatable bonds is 3. The summed E-state index contributed by atoms with van der Waals surface area (Å²) in [7, 11) is 0. The molecule has 25 heavy (non-hydrogen) atoms. The highest BCUT2D eigenvalue weighted by Crippen LogP contribution is 2.25. The van der Waals surface area contributed by atoms with Crippen molar-refractivity contribution in [1.82, 2.24) is 19.8 Å². The Balaban J connectivity index is 1.43. The van der Waals surface area contributed by atoms with Crippen LogP contribution in [0, 0.1) is 12.8 Å². The predicted molar refractivity (Wildman–Crippen MR) is 90.6 cm³/mol. The van der Waals surface area contributed by atoms with Crippen molar-refractivity contribution in [3.05, 3.63) is 51.6 Å². The van der Waals surface area contributed by atoms with E-state index in [4.69, 9.17) is 4.42 Å². The van der Waals surface area contributed by atoms with E-state index in [2.05, 4.69) is 14.9 Å². The van der Waals surface area contributed by atoms with Crippen molar-refractivity contribution in [2.45, 2.75) is 39.4 Å². The van der Waals surface area contributed by atoms with Gasteiger partial charge in [0.25, 0.3) is 5.56 Å². The number of aryl methyl sites for hydroxylation is 1. The molecule has 1 amide bonds. The number of nitrogens with zero attached hydrogens (tertiary/aromatic N) is 3. The maximum absolute atomic E-state index is 12.9. The van der Waals surface area contributed by atoms with Gasteiger partial charge < -0.3 is 14.3 Å². The first kappa shape index (κ1) is 16.1. The molecular weight excluding hydrogens is 320 g/mol. The van der Waals surface area contributed by atoms with Crippen LogP contribution in [0.25, 0.3) is 0 Å². The first-order chi connectivity index (χ1) is 12.1. The van der Waals surface area contributed by atoms with Gasteiger partial charge in [0.2, 0.25) is 5.91 Å². The van der Waals surface area contributed by atoms with Gasteiger partial charge in [0.15, 0.2) is 0 Å². The van der Waals surface area contributed by atoms with Crippen LogP contribution in [-0.4, -0.2) is 38.8 Å². The van der Waals surface area contributed by atoms with Gasteiger partial charge in [-0.05, 0) is 38.4 Å². The van der Waals surface area contributed by atoms with Gasteiger partial charge in [-0.15, -0.1) is 0 Å². The lowest BCUT2D eigenvalue weighted by Gasteiger charge is -2.33. The predicted octanol–water partition coefficient (Wildman–Crippen LogP) is 1.43. The number of H-pyrrole nitrogens is 1. The summed E-state index contributed by atoms with van der Waals surface area (Å²) in [6, 6.07) is 3.85. The summed E-state index contributed by atoms with van der Waals surface area (Å²) in [6.07, 6.45) is 3.56. The Morgan fingerprint density at radius 2 is 2.32 bits per heavy atom. The molecular formula is C18H22N4O3. The molecule has 0 aliphatic carbocycles. The van der Waals surface area contributed by atoms with Crippen molar-refractivity contribution >= 4 is 5.91 Å². The third-order valence-corrected chi connectivity index (χ3v) is 5.04. The van der Waals surface area contributed by atoms with Crippen LogP contribution >= 0.6 is 0 Å². The van der Waals surface area contributed by atoms with Crippen LogP contribution < -0.4 is 5.56 Å². The Morgan fingerprint density at radius 3 is 3.12 bits per heavy atom. The molecule has 1 atom stereocenters. The number of aromatic nitrogens is 2. The maximum Gasteiger partial charge on any atom is 0.256 e. The van der Waals surface area contributed by atoms with Crippen LogP contribution in [0.1, 0.15) is 35.7 Å². The molecule has 7 heteroatoms. The van der Waals surface area contributed by atoms with Gasteiger partial charge >= 0.3 is 0 Å². The van der Waals surface area contributed by atoms with E-state index in [1.807, 2.05) is 12.1 Å². The minimum absolute atomic E-state index is 0.0294. The van der Waals surface area contributed by atoms with Gasteiger partial charge in [-0.25, -0.2) is 4.98 Å². The average Bonchev–Trinajstić information content (AvgIpc) is 3.24. The molecule has 0 spiro atoms. The number of amides is 1. The second kappa shape index (κ2) is 6.48. The maximum atomic E-state index is 12.9. The van der Waals surface area contributed by atoms with Gasteiger partial charge in [-0.3, -0.25) is 14.5 Å². The van der Waals surface area contributed by atoms with Crippen LogP contribution in [0.5, 0.6) is 0 Å². The number of furan rings is 1. The summed E-state index contributed by atoms with van der Waals surface area (Å²) in [5.74, 6) is 1.62. The fourth-order valence-corrected chi connectivity index (χ4v) is 3.83.